The topological polar surface area (TPSA) is 52.0 Å². The molecule has 1 rings (SSSR count). The molecule has 1 aromatic heterocycles. The van der Waals surface area contributed by atoms with Gasteiger partial charge in [0.05, 0.1) is 0 Å². The third-order valence-electron chi connectivity index (χ3n) is 1.11. The van der Waals surface area contributed by atoms with Crippen LogP contribution in [0.5, 0.6) is 0 Å². The normalized spacial score (nSPS) is 13.7. The highest BCUT2D eigenvalue weighted by molar-refractivity contribution is 5.06. The van der Waals surface area contributed by atoms with Crippen molar-refractivity contribution in [3.8, 4) is 0 Å². The zero-order valence-corrected chi connectivity index (χ0v) is 5.59. The Labute approximate surface area is 53.8 Å². The van der Waals surface area contributed by atoms with E-state index in [9.17, 15) is 0 Å². The number of hydrogen-bond acceptors (Lipinski definition) is 3. The van der Waals surface area contributed by atoms with Crippen molar-refractivity contribution in [2.75, 3.05) is 0 Å². The van der Waals surface area contributed by atoms with Crippen LogP contribution in [0.15, 0.2) is 10.6 Å². The van der Waals surface area contributed by atoms with Crippen LogP contribution in [-0.2, 0) is 0 Å². The Kier molecular flexibility index (Phi) is 1.53. The summed E-state index contributed by atoms with van der Waals surface area (Å²) in [6, 6.07) is 1.81. The van der Waals surface area contributed by atoms with Crippen LogP contribution >= 0.6 is 0 Å². The van der Waals surface area contributed by atoms with E-state index in [-0.39, 0.29) is 6.04 Å². The van der Waals surface area contributed by atoms with Gasteiger partial charge in [-0.3, -0.25) is 0 Å². The molecule has 0 fully saturated rings. The van der Waals surface area contributed by atoms with E-state index in [4.69, 9.17) is 10.3 Å². The molecule has 9 heavy (non-hydrogen) atoms. The van der Waals surface area contributed by atoms with Crippen LogP contribution in [0.1, 0.15) is 24.4 Å². The summed E-state index contributed by atoms with van der Waals surface area (Å²) in [4.78, 5) is 0. The van der Waals surface area contributed by atoms with Gasteiger partial charge in [0.2, 0.25) is 0 Å². The number of aryl methyl sites for hydroxylation is 1. The first-order valence-electron chi connectivity index (χ1n) is 2.89. The van der Waals surface area contributed by atoms with Crippen LogP contribution in [0.3, 0.4) is 0 Å². The lowest BCUT2D eigenvalue weighted by Gasteiger charge is -1.93. The quantitative estimate of drug-likeness (QED) is 0.610. The molecule has 0 aromatic carbocycles. The largest absolute Gasteiger partial charge is 0.361 e. The van der Waals surface area contributed by atoms with Gasteiger partial charge < -0.3 is 10.3 Å². The molecular weight excluding hydrogens is 116 g/mol. The summed E-state index contributed by atoms with van der Waals surface area (Å²) in [6.07, 6.45) is 0. The van der Waals surface area contributed by atoms with Crippen molar-refractivity contribution in [1.82, 2.24) is 5.16 Å². The monoisotopic (exact) mass is 126 g/mol. The molecule has 50 valence electrons. The van der Waals surface area contributed by atoms with E-state index in [0.29, 0.717) is 0 Å². The van der Waals surface area contributed by atoms with Crippen LogP contribution in [0.4, 0.5) is 0 Å². The highest BCUT2D eigenvalue weighted by Gasteiger charge is 2.02. The van der Waals surface area contributed by atoms with Gasteiger partial charge in [0, 0.05) is 12.1 Å². The maximum absolute atomic E-state index is 5.50. The predicted molar refractivity (Wildman–Crippen MR) is 33.8 cm³/mol. The second-order valence-electron chi connectivity index (χ2n) is 2.15. The zero-order chi connectivity index (χ0) is 6.85. The highest BCUT2D eigenvalue weighted by atomic mass is 16.5. The fourth-order valence-corrected chi connectivity index (χ4v) is 0.600. The Morgan fingerprint density at radius 1 is 1.78 bits per heavy atom. The average molecular weight is 126 g/mol. The Hall–Kier alpha value is -0.830. The third kappa shape index (κ3) is 1.29. The van der Waals surface area contributed by atoms with E-state index in [1.807, 2.05) is 19.9 Å². The number of rotatable bonds is 1. The van der Waals surface area contributed by atoms with Crippen molar-refractivity contribution in [3.05, 3.63) is 17.5 Å². The number of nitrogens with two attached hydrogens (primary N) is 1. The fourth-order valence-electron chi connectivity index (χ4n) is 0.600. The fraction of sp³-hybridized carbons (Fsp3) is 0.500. The van der Waals surface area contributed by atoms with Crippen molar-refractivity contribution in [1.29, 1.82) is 0 Å². The summed E-state index contributed by atoms with van der Waals surface area (Å²) in [6.45, 7) is 3.72. The Morgan fingerprint density at radius 3 is 2.67 bits per heavy atom. The molecule has 0 saturated heterocycles. The summed E-state index contributed by atoms with van der Waals surface area (Å²) in [7, 11) is 0. The van der Waals surface area contributed by atoms with E-state index in [2.05, 4.69) is 5.16 Å². The molecule has 0 amide bonds. The Balaban J connectivity index is 2.85. The van der Waals surface area contributed by atoms with Crippen molar-refractivity contribution in [2.24, 2.45) is 5.73 Å². The standard InChI is InChI=1S/C6H10N2O/c1-4-3-6(5(2)7)8-9-4/h3,5H,7H2,1-2H3. The second kappa shape index (κ2) is 2.19. The number of nitrogens with zero attached hydrogens (tertiary/aromatic N) is 1. The van der Waals surface area contributed by atoms with Crippen molar-refractivity contribution >= 4 is 0 Å². The smallest absolute Gasteiger partial charge is 0.133 e. The molecule has 0 saturated carbocycles. The van der Waals surface area contributed by atoms with E-state index in [1.165, 1.54) is 0 Å². The lowest BCUT2D eigenvalue weighted by molar-refractivity contribution is 0.387. The van der Waals surface area contributed by atoms with Gasteiger partial charge >= 0.3 is 0 Å². The van der Waals surface area contributed by atoms with Gasteiger partial charge in [-0.15, -0.1) is 0 Å². The molecule has 1 heterocycles. The van der Waals surface area contributed by atoms with E-state index < -0.39 is 0 Å². The molecule has 0 aliphatic carbocycles. The van der Waals surface area contributed by atoms with Crippen LogP contribution in [0.2, 0.25) is 0 Å². The van der Waals surface area contributed by atoms with Gasteiger partial charge in [-0.2, -0.15) is 0 Å². The molecule has 1 atom stereocenters. The predicted octanol–water partition coefficient (Wildman–Crippen LogP) is 1.00. The minimum atomic E-state index is -0.0255. The van der Waals surface area contributed by atoms with E-state index in [1.54, 1.807) is 0 Å². The first kappa shape index (κ1) is 6.29. The molecule has 0 radical (unpaired) electrons. The molecule has 3 nitrogen and oxygen atoms in total. The summed E-state index contributed by atoms with van der Waals surface area (Å²) in [5.74, 6) is 0.808. The summed E-state index contributed by atoms with van der Waals surface area (Å²) < 4.78 is 4.80. The minimum Gasteiger partial charge on any atom is -0.361 e. The maximum Gasteiger partial charge on any atom is 0.133 e. The molecular formula is C6H10N2O. The lowest BCUT2D eigenvalue weighted by atomic mass is 10.2. The molecule has 0 aliphatic rings. The van der Waals surface area contributed by atoms with Crippen molar-refractivity contribution in [3.63, 3.8) is 0 Å². The second-order valence-corrected chi connectivity index (χ2v) is 2.15. The van der Waals surface area contributed by atoms with Gasteiger partial charge in [0.25, 0.3) is 0 Å². The average Bonchev–Trinajstić information content (AvgIpc) is 2.14. The lowest BCUT2D eigenvalue weighted by Crippen LogP contribution is -2.04. The molecule has 3 heteroatoms. The van der Waals surface area contributed by atoms with Gasteiger partial charge in [-0.05, 0) is 13.8 Å². The molecule has 2 N–H and O–H groups in total. The zero-order valence-electron chi connectivity index (χ0n) is 5.59. The van der Waals surface area contributed by atoms with E-state index >= 15 is 0 Å². The van der Waals surface area contributed by atoms with Crippen molar-refractivity contribution in [2.45, 2.75) is 19.9 Å². The molecule has 1 unspecified atom stereocenters. The summed E-state index contributed by atoms with van der Waals surface area (Å²) in [5.41, 5.74) is 6.32. The SMILES string of the molecule is Cc1cc(C(C)N)no1. The van der Waals surface area contributed by atoms with E-state index in [0.717, 1.165) is 11.5 Å². The van der Waals surface area contributed by atoms with Gasteiger partial charge in [0.1, 0.15) is 11.5 Å². The molecule has 1 aromatic rings. The number of aromatic nitrogens is 1. The number of hydrogen-bond donors (Lipinski definition) is 1. The molecule has 0 aliphatic heterocycles. The van der Waals surface area contributed by atoms with Gasteiger partial charge in [-0.1, -0.05) is 5.16 Å². The van der Waals surface area contributed by atoms with Gasteiger partial charge in [-0.25, -0.2) is 0 Å². The van der Waals surface area contributed by atoms with Crippen LogP contribution in [0.25, 0.3) is 0 Å². The third-order valence-corrected chi connectivity index (χ3v) is 1.11. The molecule has 0 spiro atoms. The first-order chi connectivity index (χ1) is 4.20. The minimum absolute atomic E-state index is 0.0255. The Bertz CT molecular complexity index is 193. The van der Waals surface area contributed by atoms with Crippen LogP contribution in [0, 0.1) is 6.92 Å². The highest BCUT2D eigenvalue weighted by Crippen LogP contribution is 2.07. The Morgan fingerprint density at radius 2 is 2.44 bits per heavy atom. The summed E-state index contributed by atoms with van der Waals surface area (Å²) >= 11 is 0. The van der Waals surface area contributed by atoms with Crippen molar-refractivity contribution < 1.29 is 4.52 Å². The maximum atomic E-state index is 5.50. The summed E-state index contributed by atoms with van der Waals surface area (Å²) in [5, 5.41) is 3.72. The first-order valence-corrected chi connectivity index (χ1v) is 2.89. The van der Waals surface area contributed by atoms with Crippen LogP contribution < -0.4 is 5.73 Å². The van der Waals surface area contributed by atoms with Crippen LogP contribution in [-0.4, -0.2) is 5.16 Å². The van der Waals surface area contributed by atoms with Gasteiger partial charge in [0.15, 0.2) is 0 Å². The molecule has 0 bridgehead atoms.